The summed E-state index contributed by atoms with van der Waals surface area (Å²) in [6.07, 6.45) is 3.35. The van der Waals surface area contributed by atoms with E-state index in [1.54, 1.807) is 17.8 Å². The van der Waals surface area contributed by atoms with Gasteiger partial charge >= 0.3 is 0 Å². The Morgan fingerprint density at radius 1 is 1.30 bits per heavy atom. The maximum atomic E-state index is 12.0. The van der Waals surface area contributed by atoms with Crippen LogP contribution in [0.5, 0.6) is 0 Å². The molecule has 0 aliphatic carbocycles. The van der Waals surface area contributed by atoms with Crippen molar-refractivity contribution < 1.29 is 9.59 Å². The molecule has 0 saturated heterocycles. The normalized spacial score (nSPS) is 11.7. The lowest BCUT2D eigenvalue weighted by atomic mass is 10.1. The van der Waals surface area contributed by atoms with Crippen LogP contribution in [0, 0.1) is 0 Å². The lowest BCUT2D eigenvalue weighted by Crippen LogP contribution is -2.27. The van der Waals surface area contributed by atoms with Crippen molar-refractivity contribution in [3.8, 4) is 0 Å². The Morgan fingerprint density at radius 3 is 2.65 bits per heavy atom. The number of aromatic nitrogens is 2. The summed E-state index contributed by atoms with van der Waals surface area (Å²) in [7, 11) is 0. The number of amides is 2. The topological polar surface area (TPSA) is 84.0 Å². The fourth-order valence-electron chi connectivity index (χ4n) is 1.59. The van der Waals surface area contributed by atoms with Gasteiger partial charge in [-0.25, -0.2) is 4.98 Å². The van der Waals surface area contributed by atoms with E-state index in [1.165, 1.54) is 18.3 Å². The first-order valence-corrected chi connectivity index (χ1v) is 6.88. The van der Waals surface area contributed by atoms with Crippen LogP contribution in [0.15, 0.2) is 29.9 Å². The number of hydrogen-bond acceptors (Lipinski definition) is 5. The summed E-state index contributed by atoms with van der Waals surface area (Å²) < 4.78 is 0. The third-order valence-electron chi connectivity index (χ3n) is 2.57. The maximum Gasteiger partial charge on any atom is 0.271 e. The number of carbonyl (C=O) groups excluding carboxylic acids is 2. The molecule has 0 aliphatic heterocycles. The van der Waals surface area contributed by atoms with Gasteiger partial charge in [0.2, 0.25) is 5.91 Å². The first-order valence-electron chi connectivity index (χ1n) is 6.00. The van der Waals surface area contributed by atoms with Gasteiger partial charge in [-0.05, 0) is 24.6 Å². The van der Waals surface area contributed by atoms with Crippen molar-refractivity contribution >= 4 is 28.3 Å². The number of pyridine rings is 1. The summed E-state index contributed by atoms with van der Waals surface area (Å²) in [5, 5.41) is 7.42. The Bertz CT molecular complexity index is 612. The monoisotopic (exact) mass is 290 g/mol. The van der Waals surface area contributed by atoms with Crippen molar-refractivity contribution in [2.24, 2.45) is 0 Å². The summed E-state index contributed by atoms with van der Waals surface area (Å²) in [4.78, 5) is 30.9. The molecule has 0 aromatic carbocycles. The second-order valence-corrected chi connectivity index (χ2v) is 5.05. The minimum atomic E-state index is -0.276. The van der Waals surface area contributed by atoms with E-state index >= 15 is 0 Å². The van der Waals surface area contributed by atoms with Gasteiger partial charge in [0, 0.05) is 24.7 Å². The van der Waals surface area contributed by atoms with Gasteiger partial charge in [-0.2, -0.15) is 0 Å². The van der Waals surface area contributed by atoms with Crippen molar-refractivity contribution in [3.05, 3.63) is 41.2 Å². The van der Waals surface area contributed by atoms with Crippen LogP contribution in [0.4, 0.5) is 5.13 Å². The highest BCUT2D eigenvalue weighted by molar-refractivity contribution is 7.14. The average molecular weight is 290 g/mol. The van der Waals surface area contributed by atoms with Gasteiger partial charge in [-0.3, -0.25) is 14.6 Å². The highest BCUT2D eigenvalue weighted by atomic mass is 32.1. The molecule has 2 amide bonds. The minimum absolute atomic E-state index is 0.142. The van der Waals surface area contributed by atoms with Crippen LogP contribution in [0.3, 0.4) is 0 Å². The van der Waals surface area contributed by atoms with Gasteiger partial charge in [-0.15, -0.1) is 11.3 Å². The smallest absolute Gasteiger partial charge is 0.271 e. The van der Waals surface area contributed by atoms with Crippen LogP contribution < -0.4 is 10.6 Å². The van der Waals surface area contributed by atoms with E-state index in [4.69, 9.17) is 0 Å². The second kappa shape index (κ2) is 6.25. The lowest BCUT2D eigenvalue weighted by molar-refractivity contribution is -0.114. The molecule has 0 unspecified atom stereocenters. The molecule has 0 radical (unpaired) electrons. The number of nitrogens with one attached hydrogen (secondary N) is 2. The van der Waals surface area contributed by atoms with Crippen LogP contribution in [-0.4, -0.2) is 21.8 Å². The summed E-state index contributed by atoms with van der Waals surface area (Å²) in [6.45, 7) is 3.28. The van der Waals surface area contributed by atoms with E-state index < -0.39 is 0 Å². The van der Waals surface area contributed by atoms with E-state index in [9.17, 15) is 9.59 Å². The first kappa shape index (κ1) is 14.1. The predicted molar refractivity (Wildman–Crippen MR) is 76.5 cm³/mol. The third kappa shape index (κ3) is 3.61. The number of carbonyl (C=O) groups is 2. The third-order valence-corrected chi connectivity index (χ3v) is 3.33. The molecule has 2 aromatic heterocycles. The molecule has 0 aliphatic rings. The first-order chi connectivity index (χ1) is 9.56. The fourth-order valence-corrected chi connectivity index (χ4v) is 2.33. The molecule has 2 aromatic rings. The standard InChI is InChI=1S/C13H14N4O2S/c1-8(10-3-5-14-6-4-10)15-12(19)11-7-20-13(17-11)16-9(2)18/h3-8H,1-2H3,(H,15,19)(H,16,17,18)/t8-/m0/s1. The molecule has 0 bridgehead atoms. The van der Waals surface area contributed by atoms with Crippen molar-refractivity contribution in [2.75, 3.05) is 5.32 Å². The Labute approximate surface area is 120 Å². The molecule has 6 nitrogen and oxygen atoms in total. The fraction of sp³-hybridized carbons (Fsp3) is 0.231. The second-order valence-electron chi connectivity index (χ2n) is 4.19. The zero-order valence-electron chi connectivity index (χ0n) is 11.1. The van der Waals surface area contributed by atoms with Crippen molar-refractivity contribution in [1.29, 1.82) is 0 Å². The molecule has 0 spiro atoms. The SMILES string of the molecule is CC(=O)Nc1nc(C(=O)N[C@@H](C)c2ccncc2)cs1. The number of rotatable bonds is 4. The molecule has 1 atom stereocenters. The number of hydrogen-bond donors (Lipinski definition) is 2. The van der Waals surface area contributed by atoms with Crippen molar-refractivity contribution in [3.63, 3.8) is 0 Å². The molecule has 2 N–H and O–H groups in total. The molecule has 20 heavy (non-hydrogen) atoms. The van der Waals surface area contributed by atoms with E-state index in [2.05, 4.69) is 20.6 Å². The summed E-state index contributed by atoms with van der Waals surface area (Å²) in [5.41, 5.74) is 1.25. The van der Waals surface area contributed by atoms with Crippen molar-refractivity contribution in [1.82, 2.24) is 15.3 Å². The zero-order chi connectivity index (χ0) is 14.5. The average Bonchev–Trinajstić information content (AvgIpc) is 2.87. The highest BCUT2D eigenvalue weighted by Gasteiger charge is 2.14. The van der Waals surface area contributed by atoms with Crippen LogP contribution >= 0.6 is 11.3 Å². The van der Waals surface area contributed by atoms with Gasteiger partial charge in [0.25, 0.3) is 5.91 Å². The molecular formula is C13H14N4O2S. The maximum absolute atomic E-state index is 12.0. The molecule has 0 saturated carbocycles. The summed E-state index contributed by atoms with van der Waals surface area (Å²) in [5.74, 6) is -0.487. The van der Waals surface area contributed by atoms with Crippen LogP contribution in [0.25, 0.3) is 0 Å². The number of nitrogens with zero attached hydrogens (tertiary/aromatic N) is 2. The van der Waals surface area contributed by atoms with Gasteiger partial charge < -0.3 is 10.6 Å². The van der Waals surface area contributed by atoms with E-state index in [0.717, 1.165) is 5.56 Å². The van der Waals surface area contributed by atoms with Crippen LogP contribution in [-0.2, 0) is 4.79 Å². The Balaban J connectivity index is 2.01. The lowest BCUT2D eigenvalue weighted by Gasteiger charge is -2.12. The Hall–Kier alpha value is -2.28. The van der Waals surface area contributed by atoms with Gasteiger partial charge in [0.05, 0.1) is 6.04 Å². The van der Waals surface area contributed by atoms with Crippen LogP contribution in [0.1, 0.15) is 35.9 Å². The number of anilines is 1. The zero-order valence-corrected chi connectivity index (χ0v) is 11.9. The Morgan fingerprint density at radius 2 is 2.00 bits per heavy atom. The van der Waals surface area contributed by atoms with Crippen molar-refractivity contribution in [2.45, 2.75) is 19.9 Å². The molecular weight excluding hydrogens is 276 g/mol. The number of thiazole rings is 1. The molecule has 7 heteroatoms. The summed E-state index contributed by atoms with van der Waals surface area (Å²) >= 11 is 1.22. The predicted octanol–water partition coefficient (Wildman–Crippen LogP) is 1.99. The summed E-state index contributed by atoms with van der Waals surface area (Å²) in [6, 6.07) is 3.54. The van der Waals surface area contributed by atoms with E-state index in [0.29, 0.717) is 10.8 Å². The highest BCUT2D eigenvalue weighted by Crippen LogP contribution is 2.17. The van der Waals surface area contributed by atoms with Gasteiger partial charge in [-0.1, -0.05) is 0 Å². The van der Waals surface area contributed by atoms with Gasteiger partial charge in [0.15, 0.2) is 5.13 Å². The van der Waals surface area contributed by atoms with E-state index in [-0.39, 0.29) is 17.9 Å². The largest absolute Gasteiger partial charge is 0.344 e. The Kier molecular flexibility index (Phi) is 4.41. The van der Waals surface area contributed by atoms with Crippen LogP contribution in [0.2, 0.25) is 0 Å². The minimum Gasteiger partial charge on any atom is -0.344 e. The molecule has 104 valence electrons. The molecule has 2 heterocycles. The van der Waals surface area contributed by atoms with Gasteiger partial charge in [0.1, 0.15) is 5.69 Å². The molecule has 0 fully saturated rings. The quantitative estimate of drug-likeness (QED) is 0.902. The molecule has 2 rings (SSSR count). The van der Waals surface area contributed by atoms with E-state index in [1.807, 2.05) is 19.1 Å².